The molecular formula is C25H26ClN3O2. The van der Waals surface area contributed by atoms with Crippen molar-refractivity contribution in [1.82, 2.24) is 10.3 Å². The summed E-state index contributed by atoms with van der Waals surface area (Å²) >= 11 is 6.29. The van der Waals surface area contributed by atoms with E-state index in [9.17, 15) is 9.59 Å². The van der Waals surface area contributed by atoms with E-state index in [0.717, 1.165) is 29.1 Å². The van der Waals surface area contributed by atoms with Crippen molar-refractivity contribution in [1.29, 1.82) is 0 Å². The summed E-state index contributed by atoms with van der Waals surface area (Å²) in [5.74, 6) is -0.221. The van der Waals surface area contributed by atoms with E-state index >= 15 is 0 Å². The molecule has 0 saturated heterocycles. The molecule has 160 valence electrons. The van der Waals surface area contributed by atoms with E-state index in [-0.39, 0.29) is 17.1 Å². The Morgan fingerprint density at radius 3 is 2.61 bits per heavy atom. The fourth-order valence-corrected chi connectivity index (χ4v) is 4.75. The van der Waals surface area contributed by atoms with Crippen LogP contribution in [0.4, 0.5) is 5.82 Å². The zero-order valence-electron chi connectivity index (χ0n) is 18.2. The van der Waals surface area contributed by atoms with Crippen LogP contribution in [0.15, 0.2) is 65.0 Å². The number of rotatable bonds is 3. The zero-order valence-corrected chi connectivity index (χ0v) is 18.9. The number of carbonyl (C=O) groups excluding carboxylic acids is 2. The summed E-state index contributed by atoms with van der Waals surface area (Å²) in [6.45, 7) is 7.94. The molecular weight excluding hydrogens is 410 g/mol. The molecule has 31 heavy (non-hydrogen) atoms. The first-order valence-corrected chi connectivity index (χ1v) is 10.8. The Morgan fingerprint density at radius 1 is 1.16 bits per heavy atom. The van der Waals surface area contributed by atoms with Gasteiger partial charge in [-0.3, -0.25) is 9.59 Å². The number of allylic oxidation sites excluding steroid dienone is 3. The van der Waals surface area contributed by atoms with E-state index in [4.69, 9.17) is 11.6 Å². The van der Waals surface area contributed by atoms with Gasteiger partial charge in [-0.1, -0.05) is 43.6 Å². The second-order valence-corrected chi connectivity index (χ2v) is 9.54. The number of aryl methyl sites for hydroxylation is 1. The molecule has 1 aliphatic carbocycles. The Morgan fingerprint density at radius 2 is 1.90 bits per heavy atom. The van der Waals surface area contributed by atoms with Gasteiger partial charge < -0.3 is 10.6 Å². The van der Waals surface area contributed by atoms with Gasteiger partial charge in [0.25, 0.3) is 5.91 Å². The summed E-state index contributed by atoms with van der Waals surface area (Å²) < 4.78 is 0. The van der Waals surface area contributed by atoms with Gasteiger partial charge in [0.05, 0.1) is 0 Å². The molecule has 1 aromatic heterocycles. The van der Waals surface area contributed by atoms with E-state index in [1.807, 2.05) is 44.2 Å². The summed E-state index contributed by atoms with van der Waals surface area (Å²) in [5.41, 5.74) is 4.32. The Labute approximate surface area is 187 Å². The first-order chi connectivity index (χ1) is 14.6. The van der Waals surface area contributed by atoms with Crippen molar-refractivity contribution in [2.24, 2.45) is 5.41 Å². The number of dihydropyridines is 1. The maximum absolute atomic E-state index is 13.5. The van der Waals surface area contributed by atoms with Crippen LogP contribution in [0.25, 0.3) is 0 Å². The van der Waals surface area contributed by atoms with Crippen molar-refractivity contribution in [3.8, 4) is 0 Å². The van der Waals surface area contributed by atoms with Gasteiger partial charge >= 0.3 is 0 Å². The predicted molar refractivity (Wildman–Crippen MR) is 123 cm³/mol. The SMILES string of the molecule is CC1=C(C(=O)Nc2cccc(C)n2)[C@H](c2cccc(Cl)c2)C2=C(CC(C)(C)CC2=O)N1. The number of benzene rings is 1. The minimum absolute atomic E-state index is 0.0650. The van der Waals surface area contributed by atoms with E-state index in [1.54, 1.807) is 12.1 Å². The van der Waals surface area contributed by atoms with Crippen LogP contribution in [-0.4, -0.2) is 16.7 Å². The molecule has 0 saturated carbocycles. The van der Waals surface area contributed by atoms with Gasteiger partial charge in [-0.15, -0.1) is 0 Å². The van der Waals surface area contributed by atoms with Crippen LogP contribution in [0.5, 0.6) is 0 Å². The molecule has 0 spiro atoms. The van der Waals surface area contributed by atoms with Crippen molar-refractivity contribution in [2.45, 2.75) is 46.5 Å². The average Bonchev–Trinajstić information content (AvgIpc) is 2.65. The van der Waals surface area contributed by atoms with E-state index in [1.165, 1.54) is 0 Å². The van der Waals surface area contributed by atoms with Crippen LogP contribution >= 0.6 is 11.6 Å². The molecule has 2 aromatic rings. The van der Waals surface area contributed by atoms with E-state index in [0.29, 0.717) is 28.4 Å². The van der Waals surface area contributed by atoms with Crippen LogP contribution in [0.2, 0.25) is 5.02 Å². The quantitative estimate of drug-likeness (QED) is 0.687. The third-order valence-corrected chi connectivity index (χ3v) is 6.03. The highest BCUT2D eigenvalue weighted by Crippen LogP contribution is 2.47. The van der Waals surface area contributed by atoms with Gasteiger partial charge in [0.1, 0.15) is 5.82 Å². The predicted octanol–water partition coefficient (Wildman–Crippen LogP) is 5.29. The number of hydrogen-bond donors (Lipinski definition) is 2. The molecule has 0 radical (unpaired) electrons. The number of hydrogen-bond acceptors (Lipinski definition) is 4. The van der Waals surface area contributed by atoms with Gasteiger partial charge in [0.15, 0.2) is 5.78 Å². The third kappa shape index (κ3) is 4.28. The molecule has 2 aliphatic rings. The lowest BCUT2D eigenvalue weighted by Gasteiger charge is -2.39. The highest BCUT2D eigenvalue weighted by Gasteiger charge is 2.42. The number of Topliss-reactive ketones (excluding diaryl/α,β-unsaturated/α-hetero) is 1. The zero-order chi connectivity index (χ0) is 22.3. The Bertz CT molecular complexity index is 1150. The molecule has 2 heterocycles. The van der Waals surface area contributed by atoms with Gasteiger partial charge in [-0.05, 0) is 55.5 Å². The molecule has 1 aliphatic heterocycles. The molecule has 0 fully saturated rings. The molecule has 6 heteroatoms. The smallest absolute Gasteiger partial charge is 0.255 e. The van der Waals surface area contributed by atoms with Crippen LogP contribution in [0.3, 0.4) is 0 Å². The Balaban J connectivity index is 1.81. The number of nitrogens with one attached hydrogen (secondary N) is 2. The van der Waals surface area contributed by atoms with Crippen molar-refractivity contribution < 1.29 is 9.59 Å². The molecule has 1 aromatic carbocycles. The first-order valence-electron chi connectivity index (χ1n) is 10.4. The fraction of sp³-hybridized carbons (Fsp3) is 0.320. The summed E-state index contributed by atoms with van der Waals surface area (Å²) in [4.78, 5) is 31.1. The van der Waals surface area contributed by atoms with Crippen molar-refractivity contribution in [2.75, 3.05) is 5.32 Å². The second-order valence-electron chi connectivity index (χ2n) is 9.10. The number of halogens is 1. The molecule has 4 rings (SSSR count). The fourth-order valence-electron chi connectivity index (χ4n) is 4.55. The van der Waals surface area contributed by atoms with Crippen molar-refractivity contribution >= 4 is 29.1 Å². The van der Waals surface area contributed by atoms with Crippen LogP contribution in [-0.2, 0) is 9.59 Å². The van der Waals surface area contributed by atoms with E-state index < -0.39 is 5.92 Å². The highest BCUT2D eigenvalue weighted by molar-refractivity contribution is 6.30. The average molecular weight is 436 g/mol. The number of pyridine rings is 1. The first kappa shape index (κ1) is 21.3. The monoisotopic (exact) mass is 435 g/mol. The number of aromatic nitrogens is 1. The molecule has 5 nitrogen and oxygen atoms in total. The van der Waals surface area contributed by atoms with Crippen LogP contribution < -0.4 is 10.6 Å². The summed E-state index contributed by atoms with van der Waals surface area (Å²) in [6, 6.07) is 12.9. The van der Waals surface area contributed by atoms with Gasteiger partial charge in [-0.2, -0.15) is 0 Å². The normalized spacial score (nSPS) is 20.3. The summed E-state index contributed by atoms with van der Waals surface area (Å²) in [7, 11) is 0. The van der Waals surface area contributed by atoms with Gasteiger partial charge in [-0.25, -0.2) is 4.98 Å². The maximum Gasteiger partial charge on any atom is 0.255 e. The third-order valence-electron chi connectivity index (χ3n) is 5.80. The topological polar surface area (TPSA) is 71.1 Å². The summed E-state index contributed by atoms with van der Waals surface area (Å²) in [6.07, 6.45) is 1.19. The van der Waals surface area contributed by atoms with Gasteiger partial charge in [0, 0.05) is 45.6 Å². The van der Waals surface area contributed by atoms with Gasteiger partial charge in [0.2, 0.25) is 0 Å². The number of anilines is 1. The molecule has 1 atom stereocenters. The largest absolute Gasteiger partial charge is 0.362 e. The Hall–Kier alpha value is -2.92. The van der Waals surface area contributed by atoms with Crippen molar-refractivity contribution in [3.05, 3.63) is 81.3 Å². The minimum Gasteiger partial charge on any atom is -0.362 e. The molecule has 0 bridgehead atoms. The molecule has 2 N–H and O–H groups in total. The van der Waals surface area contributed by atoms with Crippen LogP contribution in [0, 0.1) is 12.3 Å². The second kappa shape index (κ2) is 7.97. The molecule has 0 unspecified atom stereocenters. The highest BCUT2D eigenvalue weighted by atomic mass is 35.5. The number of carbonyl (C=O) groups is 2. The molecule has 1 amide bonds. The van der Waals surface area contributed by atoms with Crippen LogP contribution in [0.1, 0.15) is 50.8 Å². The number of nitrogens with zero attached hydrogens (tertiary/aromatic N) is 1. The minimum atomic E-state index is -0.483. The number of ketones is 1. The van der Waals surface area contributed by atoms with E-state index in [2.05, 4.69) is 29.5 Å². The lowest BCUT2D eigenvalue weighted by atomic mass is 9.68. The number of amides is 1. The maximum atomic E-state index is 13.5. The summed E-state index contributed by atoms with van der Waals surface area (Å²) in [5, 5.41) is 6.85. The van der Waals surface area contributed by atoms with Crippen molar-refractivity contribution in [3.63, 3.8) is 0 Å². The lowest BCUT2D eigenvalue weighted by Crippen LogP contribution is -2.39. The Kier molecular flexibility index (Phi) is 5.48. The lowest BCUT2D eigenvalue weighted by molar-refractivity contribution is -0.118. The standard InChI is InChI=1S/C25H26ClN3O2/c1-14-7-5-10-20(27-14)29-24(31)21-15(2)28-18-12-25(3,4)13-19(30)23(18)22(21)16-8-6-9-17(26)11-16/h5-11,22,28H,12-13H2,1-4H3,(H,27,29,31)/t22-/m0/s1.